The van der Waals surface area contributed by atoms with Crippen LogP contribution < -0.4 is 0 Å². The normalized spacial score (nSPS) is 12.5. The van der Waals surface area contributed by atoms with Gasteiger partial charge in [-0.2, -0.15) is 8.42 Å². The summed E-state index contributed by atoms with van der Waals surface area (Å²) in [6.45, 7) is 3.96. The quantitative estimate of drug-likeness (QED) is 0.474. The Hall–Kier alpha value is -0.350. The Bertz CT molecular complexity index is 229. The van der Waals surface area contributed by atoms with E-state index in [0.717, 1.165) is 31.1 Å². The maximum Gasteiger partial charge on any atom is 0.289 e. The summed E-state index contributed by atoms with van der Waals surface area (Å²) in [7, 11) is -3.40. The van der Waals surface area contributed by atoms with E-state index in [1.54, 1.807) is 13.0 Å². The van der Waals surface area contributed by atoms with Crippen molar-refractivity contribution in [1.29, 1.82) is 0 Å². The second-order valence-corrected chi connectivity index (χ2v) is 4.26. The molecule has 0 fully saturated rings. The van der Waals surface area contributed by atoms with Gasteiger partial charge in [-0.05, 0) is 19.8 Å². The highest BCUT2D eigenvalue weighted by Gasteiger charge is 2.01. The molecule has 0 unspecified atom stereocenters. The van der Waals surface area contributed by atoms with Gasteiger partial charge >= 0.3 is 0 Å². The monoisotopic (exact) mass is 206 g/mol. The zero-order valence-electron chi connectivity index (χ0n) is 8.32. The van der Waals surface area contributed by atoms with Crippen molar-refractivity contribution in [3.05, 3.63) is 11.5 Å². The second-order valence-electron chi connectivity index (χ2n) is 2.77. The lowest BCUT2D eigenvalue weighted by Crippen LogP contribution is -2.00. The van der Waals surface area contributed by atoms with Gasteiger partial charge in [0.2, 0.25) is 0 Å². The first-order valence-electron chi connectivity index (χ1n) is 4.68. The Morgan fingerprint density at radius 1 is 1.23 bits per heavy atom. The molecule has 0 aromatic heterocycles. The predicted octanol–water partition coefficient (Wildman–Crippen LogP) is 2.45. The smallest absolute Gasteiger partial charge is 0.267 e. The Morgan fingerprint density at radius 3 is 2.46 bits per heavy atom. The lowest BCUT2D eigenvalue weighted by molar-refractivity contribution is 0.344. The van der Waals surface area contributed by atoms with E-state index in [0.29, 0.717) is 0 Å². The minimum atomic E-state index is -3.40. The molecule has 0 aliphatic rings. The molecule has 0 radical (unpaired) electrons. The third-order valence-corrected chi connectivity index (χ3v) is 2.61. The highest BCUT2D eigenvalue weighted by molar-refractivity contribution is 7.89. The molecule has 0 heterocycles. The molecule has 0 bridgehead atoms. The maximum absolute atomic E-state index is 11.0. The van der Waals surface area contributed by atoms with Gasteiger partial charge in [0, 0.05) is 0 Å². The first kappa shape index (κ1) is 12.7. The molecule has 0 rings (SSSR count). The van der Waals surface area contributed by atoms with Crippen LogP contribution in [0.25, 0.3) is 0 Å². The number of hydrogen-bond donors (Lipinski definition) is 0. The highest BCUT2D eigenvalue weighted by atomic mass is 32.2. The average Bonchev–Trinajstić information content (AvgIpc) is 2.04. The molecular formula is C9H18O3S. The van der Waals surface area contributed by atoms with Gasteiger partial charge in [0.1, 0.15) is 0 Å². The van der Waals surface area contributed by atoms with Crippen LogP contribution >= 0.6 is 0 Å². The fraction of sp³-hybridized carbons (Fsp3) is 0.778. The summed E-state index contributed by atoms with van der Waals surface area (Å²) >= 11 is 0. The van der Waals surface area contributed by atoms with Crippen LogP contribution in [0.4, 0.5) is 0 Å². The van der Waals surface area contributed by atoms with Gasteiger partial charge in [-0.25, -0.2) is 0 Å². The van der Waals surface area contributed by atoms with E-state index in [2.05, 4.69) is 11.1 Å². The van der Waals surface area contributed by atoms with Gasteiger partial charge in [0.15, 0.2) is 0 Å². The highest BCUT2D eigenvalue weighted by Crippen LogP contribution is 2.02. The third-order valence-electron chi connectivity index (χ3n) is 1.52. The van der Waals surface area contributed by atoms with Gasteiger partial charge in [0.25, 0.3) is 10.1 Å². The van der Waals surface area contributed by atoms with Crippen molar-refractivity contribution in [1.82, 2.24) is 0 Å². The standard InChI is InChI=1S/C9H18O3S/c1-3-5-6-7-8-9-13(10,11)12-4-2/h8-9H,3-7H2,1-2H3. The van der Waals surface area contributed by atoms with Crippen LogP contribution in [-0.2, 0) is 14.3 Å². The maximum atomic E-state index is 11.0. The molecule has 3 nitrogen and oxygen atoms in total. The van der Waals surface area contributed by atoms with E-state index in [-0.39, 0.29) is 6.61 Å². The molecule has 0 saturated carbocycles. The van der Waals surface area contributed by atoms with Crippen LogP contribution in [0.3, 0.4) is 0 Å². The number of allylic oxidation sites excluding steroid dienone is 1. The van der Waals surface area contributed by atoms with Crippen molar-refractivity contribution in [2.75, 3.05) is 6.61 Å². The number of unbranched alkanes of at least 4 members (excludes halogenated alkanes) is 3. The summed E-state index contributed by atoms with van der Waals surface area (Å²) in [6.07, 6.45) is 5.78. The second kappa shape index (κ2) is 7.09. The summed E-state index contributed by atoms with van der Waals surface area (Å²) in [5.41, 5.74) is 0. The summed E-state index contributed by atoms with van der Waals surface area (Å²) in [5.74, 6) is 0. The molecule has 0 aliphatic carbocycles. The van der Waals surface area contributed by atoms with Crippen LogP contribution in [0, 0.1) is 0 Å². The molecule has 0 atom stereocenters. The molecule has 4 heteroatoms. The van der Waals surface area contributed by atoms with Crippen LogP contribution in [0.2, 0.25) is 0 Å². The topological polar surface area (TPSA) is 43.4 Å². The van der Waals surface area contributed by atoms with Crippen molar-refractivity contribution in [2.24, 2.45) is 0 Å². The fourth-order valence-corrected chi connectivity index (χ4v) is 1.68. The Kier molecular flexibility index (Phi) is 6.90. The SMILES string of the molecule is CCCCCC=CS(=O)(=O)OCC. The molecule has 0 aromatic rings. The minimum absolute atomic E-state index is 0.196. The molecule has 78 valence electrons. The van der Waals surface area contributed by atoms with Gasteiger partial charge in [-0.15, -0.1) is 0 Å². The van der Waals surface area contributed by atoms with E-state index >= 15 is 0 Å². The summed E-state index contributed by atoms with van der Waals surface area (Å²) in [4.78, 5) is 0. The lowest BCUT2D eigenvalue weighted by atomic mass is 10.2. The zero-order valence-corrected chi connectivity index (χ0v) is 9.14. The van der Waals surface area contributed by atoms with E-state index in [4.69, 9.17) is 0 Å². The van der Waals surface area contributed by atoms with E-state index in [1.807, 2.05) is 0 Å². The van der Waals surface area contributed by atoms with Crippen LogP contribution in [0.1, 0.15) is 39.5 Å². The molecule has 0 aliphatic heterocycles. The minimum Gasteiger partial charge on any atom is -0.267 e. The fourth-order valence-electron chi connectivity index (χ4n) is 0.902. The average molecular weight is 206 g/mol. The Labute approximate surface area is 80.9 Å². The largest absolute Gasteiger partial charge is 0.289 e. The first-order chi connectivity index (χ1) is 6.12. The molecular weight excluding hydrogens is 188 g/mol. The number of hydrogen-bond acceptors (Lipinski definition) is 3. The van der Waals surface area contributed by atoms with Crippen LogP contribution in [-0.4, -0.2) is 15.0 Å². The summed E-state index contributed by atoms with van der Waals surface area (Å²) < 4.78 is 26.4. The van der Waals surface area contributed by atoms with Crippen LogP contribution in [0.15, 0.2) is 11.5 Å². The van der Waals surface area contributed by atoms with Crippen molar-refractivity contribution in [3.63, 3.8) is 0 Å². The van der Waals surface area contributed by atoms with Gasteiger partial charge in [0.05, 0.1) is 12.0 Å². The molecule has 0 saturated heterocycles. The zero-order chi connectivity index (χ0) is 10.2. The first-order valence-corrected chi connectivity index (χ1v) is 6.15. The lowest BCUT2D eigenvalue weighted by Gasteiger charge is -1.96. The molecule has 0 N–H and O–H groups in total. The Morgan fingerprint density at radius 2 is 1.92 bits per heavy atom. The molecule has 0 aromatic carbocycles. The van der Waals surface area contributed by atoms with Gasteiger partial charge < -0.3 is 0 Å². The van der Waals surface area contributed by atoms with E-state index in [1.165, 1.54) is 0 Å². The van der Waals surface area contributed by atoms with Crippen molar-refractivity contribution in [2.45, 2.75) is 39.5 Å². The van der Waals surface area contributed by atoms with E-state index in [9.17, 15) is 8.42 Å². The Balaban J connectivity index is 3.70. The van der Waals surface area contributed by atoms with Gasteiger partial charge in [-0.1, -0.05) is 25.8 Å². The van der Waals surface area contributed by atoms with Crippen molar-refractivity contribution >= 4 is 10.1 Å². The molecule has 13 heavy (non-hydrogen) atoms. The third kappa shape index (κ3) is 7.99. The summed E-state index contributed by atoms with van der Waals surface area (Å²) in [5, 5.41) is 1.14. The molecule has 0 spiro atoms. The van der Waals surface area contributed by atoms with E-state index < -0.39 is 10.1 Å². The molecule has 0 amide bonds. The van der Waals surface area contributed by atoms with Crippen molar-refractivity contribution < 1.29 is 12.6 Å². The van der Waals surface area contributed by atoms with Gasteiger partial charge in [-0.3, -0.25) is 4.18 Å². The predicted molar refractivity (Wildman–Crippen MR) is 53.8 cm³/mol. The van der Waals surface area contributed by atoms with Crippen molar-refractivity contribution in [3.8, 4) is 0 Å². The summed E-state index contributed by atoms with van der Waals surface area (Å²) in [6, 6.07) is 0. The van der Waals surface area contributed by atoms with Crippen LogP contribution in [0.5, 0.6) is 0 Å². The number of rotatable bonds is 7.